The number of benzene rings is 2. The van der Waals surface area contributed by atoms with Gasteiger partial charge in [-0.25, -0.2) is 4.39 Å². The molecule has 1 nitrogen and oxygen atoms in total. The maximum Gasteiger partial charge on any atom is 0.124 e. The molecule has 0 saturated heterocycles. The van der Waals surface area contributed by atoms with E-state index in [0.29, 0.717) is 0 Å². The molecule has 0 aromatic heterocycles. The quantitative estimate of drug-likeness (QED) is 0.675. The third-order valence-electron chi connectivity index (χ3n) is 3.42. The zero-order valence-electron chi connectivity index (χ0n) is 12.1. The molecule has 0 amide bonds. The van der Waals surface area contributed by atoms with Crippen LogP contribution in [0.5, 0.6) is 0 Å². The number of hydrogen-bond acceptors (Lipinski definition) is 1. The fourth-order valence-electron chi connectivity index (χ4n) is 2.38. The van der Waals surface area contributed by atoms with E-state index in [1.54, 1.807) is 0 Å². The lowest BCUT2D eigenvalue weighted by Gasteiger charge is -2.21. The third kappa shape index (κ3) is 4.38. The van der Waals surface area contributed by atoms with Crippen molar-refractivity contribution >= 4 is 31.9 Å². The second kappa shape index (κ2) is 7.52. The molecule has 0 spiro atoms. The van der Waals surface area contributed by atoms with Crippen molar-refractivity contribution in [3.05, 3.63) is 67.9 Å². The molecule has 1 N–H and O–H groups in total. The zero-order valence-corrected chi connectivity index (χ0v) is 15.3. The SMILES string of the molecule is CCNC(Cc1ccc(F)cc1Br)c1cc(C)ccc1Br. The van der Waals surface area contributed by atoms with Crippen molar-refractivity contribution < 1.29 is 4.39 Å². The molecule has 0 radical (unpaired) electrons. The Labute approximate surface area is 142 Å². The Balaban J connectivity index is 2.32. The summed E-state index contributed by atoms with van der Waals surface area (Å²) in [5, 5.41) is 3.51. The van der Waals surface area contributed by atoms with E-state index in [1.807, 2.05) is 6.07 Å². The van der Waals surface area contributed by atoms with Crippen LogP contribution in [0.4, 0.5) is 4.39 Å². The monoisotopic (exact) mass is 413 g/mol. The Morgan fingerprint density at radius 2 is 1.86 bits per heavy atom. The van der Waals surface area contributed by atoms with Crippen molar-refractivity contribution in [2.24, 2.45) is 0 Å². The Bertz CT molecular complexity index is 628. The number of nitrogens with one attached hydrogen (secondary N) is 1. The first-order chi connectivity index (χ1) is 10.0. The van der Waals surface area contributed by atoms with Crippen molar-refractivity contribution in [2.45, 2.75) is 26.3 Å². The van der Waals surface area contributed by atoms with Gasteiger partial charge in [0.05, 0.1) is 0 Å². The molecule has 0 heterocycles. The van der Waals surface area contributed by atoms with Gasteiger partial charge >= 0.3 is 0 Å². The summed E-state index contributed by atoms with van der Waals surface area (Å²) in [6, 6.07) is 11.4. The van der Waals surface area contributed by atoms with Crippen LogP contribution in [0, 0.1) is 12.7 Å². The first kappa shape index (κ1) is 16.7. The lowest BCUT2D eigenvalue weighted by atomic mass is 9.97. The van der Waals surface area contributed by atoms with Gasteiger partial charge in [-0.1, -0.05) is 62.5 Å². The molecular formula is C17H18Br2FN. The second-order valence-corrected chi connectivity index (χ2v) is 6.78. The van der Waals surface area contributed by atoms with Crippen molar-refractivity contribution in [2.75, 3.05) is 6.54 Å². The largest absolute Gasteiger partial charge is 0.310 e. The maximum absolute atomic E-state index is 13.2. The molecule has 0 aliphatic heterocycles. The molecule has 0 aliphatic carbocycles. The van der Waals surface area contributed by atoms with Crippen molar-refractivity contribution in [1.82, 2.24) is 5.32 Å². The van der Waals surface area contributed by atoms with Crippen LogP contribution < -0.4 is 5.32 Å². The minimum atomic E-state index is -0.220. The third-order valence-corrected chi connectivity index (χ3v) is 4.88. The van der Waals surface area contributed by atoms with Crippen LogP contribution >= 0.6 is 31.9 Å². The Kier molecular flexibility index (Phi) is 5.97. The summed E-state index contributed by atoms with van der Waals surface area (Å²) in [5.41, 5.74) is 3.55. The Morgan fingerprint density at radius 1 is 1.10 bits per heavy atom. The predicted molar refractivity (Wildman–Crippen MR) is 93.1 cm³/mol. The van der Waals surface area contributed by atoms with E-state index in [0.717, 1.165) is 27.5 Å². The average molecular weight is 415 g/mol. The summed E-state index contributed by atoms with van der Waals surface area (Å²) in [4.78, 5) is 0. The molecule has 2 aromatic carbocycles. The highest BCUT2D eigenvalue weighted by Crippen LogP contribution is 2.29. The molecule has 2 rings (SSSR count). The van der Waals surface area contributed by atoms with Crippen LogP contribution in [-0.2, 0) is 6.42 Å². The van der Waals surface area contributed by atoms with Gasteiger partial charge < -0.3 is 5.32 Å². The van der Waals surface area contributed by atoms with Gasteiger partial charge in [0.1, 0.15) is 5.82 Å². The van der Waals surface area contributed by atoms with Gasteiger partial charge in [-0.2, -0.15) is 0 Å². The van der Waals surface area contributed by atoms with Gasteiger partial charge in [-0.15, -0.1) is 0 Å². The molecular weight excluding hydrogens is 397 g/mol. The molecule has 0 aliphatic rings. The zero-order chi connectivity index (χ0) is 15.4. The van der Waals surface area contributed by atoms with Gasteiger partial charge in [-0.05, 0) is 49.2 Å². The van der Waals surface area contributed by atoms with E-state index in [2.05, 4.69) is 69.2 Å². The minimum absolute atomic E-state index is 0.186. The van der Waals surface area contributed by atoms with E-state index in [9.17, 15) is 4.39 Å². The standard InChI is InChI=1S/C17H18Br2FN/c1-3-21-17(14-8-11(2)4-7-15(14)18)9-12-5-6-13(20)10-16(12)19/h4-8,10,17,21H,3,9H2,1-2H3. The number of hydrogen-bond donors (Lipinski definition) is 1. The van der Waals surface area contributed by atoms with Gasteiger partial charge in [0.15, 0.2) is 0 Å². The summed E-state index contributed by atoms with van der Waals surface area (Å²) in [6.45, 7) is 5.06. The molecule has 21 heavy (non-hydrogen) atoms. The number of rotatable bonds is 5. The lowest BCUT2D eigenvalue weighted by molar-refractivity contribution is 0.545. The van der Waals surface area contributed by atoms with Crippen molar-refractivity contribution in [1.29, 1.82) is 0 Å². The maximum atomic E-state index is 13.2. The number of likely N-dealkylation sites (N-methyl/N-ethyl adjacent to an activating group) is 1. The molecule has 112 valence electrons. The smallest absolute Gasteiger partial charge is 0.124 e. The van der Waals surface area contributed by atoms with Crippen molar-refractivity contribution in [3.8, 4) is 0 Å². The second-order valence-electron chi connectivity index (χ2n) is 5.08. The predicted octanol–water partition coefficient (Wildman–Crippen LogP) is 5.55. The first-order valence-electron chi connectivity index (χ1n) is 6.94. The van der Waals surface area contributed by atoms with Crippen LogP contribution in [0.25, 0.3) is 0 Å². The molecule has 2 aromatic rings. The molecule has 4 heteroatoms. The molecule has 1 unspecified atom stereocenters. The van der Waals surface area contributed by atoms with Crippen LogP contribution in [0.2, 0.25) is 0 Å². The normalized spacial score (nSPS) is 12.4. The van der Waals surface area contributed by atoms with E-state index in [4.69, 9.17) is 0 Å². The van der Waals surface area contributed by atoms with Crippen molar-refractivity contribution in [3.63, 3.8) is 0 Å². The molecule has 0 bridgehead atoms. The van der Waals surface area contributed by atoms with Crippen LogP contribution in [0.1, 0.15) is 29.7 Å². The molecule has 0 saturated carbocycles. The topological polar surface area (TPSA) is 12.0 Å². The molecule has 0 fully saturated rings. The van der Waals surface area contributed by atoms with E-state index < -0.39 is 0 Å². The van der Waals surface area contributed by atoms with Crippen LogP contribution in [0.3, 0.4) is 0 Å². The van der Waals surface area contributed by atoms with Gasteiger partial charge in [0, 0.05) is 15.0 Å². The van der Waals surface area contributed by atoms with Crippen LogP contribution in [0.15, 0.2) is 45.3 Å². The highest BCUT2D eigenvalue weighted by Gasteiger charge is 2.16. The Morgan fingerprint density at radius 3 is 2.52 bits per heavy atom. The van der Waals surface area contributed by atoms with E-state index in [-0.39, 0.29) is 11.9 Å². The first-order valence-corrected chi connectivity index (χ1v) is 8.53. The van der Waals surface area contributed by atoms with Gasteiger partial charge in [0.2, 0.25) is 0 Å². The lowest BCUT2D eigenvalue weighted by Crippen LogP contribution is -2.23. The highest BCUT2D eigenvalue weighted by molar-refractivity contribution is 9.10. The number of halogens is 3. The summed E-state index contributed by atoms with van der Waals surface area (Å²) in [5.74, 6) is -0.220. The summed E-state index contributed by atoms with van der Waals surface area (Å²) < 4.78 is 15.1. The summed E-state index contributed by atoms with van der Waals surface area (Å²) in [6.07, 6.45) is 0.802. The van der Waals surface area contributed by atoms with Gasteiger partial charge in [-0.3, -0.25) is 0 Å². The summed E-state index contributed by atoms with van der Waals surface area (Å²) in [7, 11) is 0. The molecule has 1 atom stereocenters. The van der Waals surface area contributed by atoms with Gasteiger partial charge in [0.25, 0.3) is 0 Å². The highest BCUT2D eigenvalue weighted by atomic mass is 79.9. The Hall–Kier alpha value is -0.710. The van der Waals surface area contributed by atoms with E-state index >= 15 is 0 Å². The number of aryl methyl sites for hydroxylation is 1. The fraction of sp³-hybridized carbons (Fsp3) is 0.294. The van der Waals surface area contributed by atoms with Crippen LogP contribution in [-0.4, -0.2) is 6.54 Å². The minimum Gasteiger partial charge on any atom is -0.310 e. The summed E-state index contributed by atoms with van der Waals surface area (Å²) >= 11 is 7.09. The fourth-order valence-corrected chi connectivity index (χ4v) is 3.41. The van der Waals surface area contributed by atoms with E-state index in [1.165, 1.54) is 23.3 Å². The average Bonchev–Trinajstić information content (AvgIpc) is 2.44.